The fraction of sp³-hybridized carbons (Fsp3) is 0.312. The number of benzene rings is 1. The van der Waals surface area contributed by atoms with Crippen molar-refractivity contribution in [3.8, 4) is 5.75 Å². The van der Waals surface area contributed by atoms with Crippen LogP contribution in [0.15, 0.2) is 30.3 Å². The van der Waals surface area contributed by atoms with E-state index in [1.54, 1.807) is 6.07 Å². The Morgan fingerprint density at radius 2 is 1.84 bits per heavy atom. The monoisotopic (exact) mass is 256 g/mol. The van der Waals surface area contributed by atoms with Crippen LogP contribution in [0.4, 0.5) is 5.69 Å². The minimum Gasteiger partial charge on any atom is -0.508 e. The molecule has 3 heteroatoms. The summed E-state index contributed by atoms with van der Waals surface area (Å²) in [5, 5.41) is 13.4. The van der Waals surface area contributed by atoms with E-state index in [0.29, 0.717) is 5.75 Å². The molecule has 0 fully saturated rings. The number of nitrogens with one attached hydrogen (secondary N) is 1. The maximum atomic E-state index is 10.00. The molecule has 2 N–H and O–H groups in total. The van der Waals surface area contributed by atoms with Crippen LogP contribution in [0, 0.1) is 20.8 Å². The van der Waals surface area contributed by atoms with Crippen molar-refractivity contribution >= 4 is 5.69 Å². The van der Waals surface area contributed by atoms with E-state index in [4.69, 9.17) is 0 Å². The summed E-state index contributed by atoms with van der Waals surface area (Å²) < 4.78 is 0. The molecule has 1 aromatic heterocycles. The molecule has 0 bridgehead atoms. The third kappa shape index (κ3) is 3.05. The number of aryl methyl sites for hydroxylation is 3. The molecule has 0 amide bonds. The summed E-state index contributed by atoms with van der Waals surface area (Å²) in [6.45, 7) is 7.96. The Labute approximate surface area is 114 Å². The predicted molar refractivity (Wildman–Crippen MR) is 78.6 cm³/mol. The van der Waals surface area contributed by atoms with Gasteiger partial charge in [-0.15, -0.1) is 0 Å². The molecule has 1 aromatic carbocycles. The lowest BCUT2D eigenvalue weighted by Gasteiger charge is -2.18. The van der Waals surface area contributed by atoms with Gasteiger partial charge < -0.3 is 10.4 Å². The van der Waals surface area contributed by atoms with Gasteiger partial charge in [0.2, 0.25) is 0 Å². The van der Waals surface area contributed by atoms with Crippen molar-refractivity contribution in [3.63, 3.8) is 0 Å². The van der Waals surface area contributed by atoms with Gasteiger partial charge in [0.15, 0.2) is 0 Å². The van der Waals surface area contributed by atoms with Crippen LogP contribution in [-0.4, -0.2) is 10.1 Å². The number of hydrogen-bond donors (Lipinski definition) is 2. The molecular weight excluding hydrogens is 236 g/mol. The number of anilines is 1. The summed E-state index contributed by atoms with van der Waals surface area (Å²) in [6, 6.07) is 9.79. The summed E-state index contributed by atoms with van der Waals surface area (Å²) in [4.78, 5) is 4.43. The van der Waals surface area contributed by atoms with Gasteiger partial charge in [0.1, 0.15) is 5.75 Å². The van der Waals surface area contributed by atoms with Gasteiger partial charge in [-0.05, 0) is 51.5 Å². The van der Waals surface area contributed by atoms with E-state index >= 15 is 0 Å². The molecule has 0 saturated heterocycles. The Bertz CT molecular complexity index is 593. The van der Waals surface area contributed by atoms with Crippen LogP contribution >= 0.6 is 0 Å². The molecule has 0 aliphatic carbocycles. The summed E-state index contributed by atoms with van der Waals surface area (Å²) in [5.74, 6) is 0.331. The Balaban J connectivity index is 2.23. The Kier molecular flexibility index (Phi) is 3.74. The van der Waals surface area contributed by atoms with E-state index in [0.717, 1.165) is 28.2 Å². The van der Waals surface area contributed by atoms with E-state index in [2.05, 4.69) is 10.3 Å². The topological polar surface area (TPSA) is 45.2 Å². The van der Waals surface area contributed by atoms with Crippen LogP contribution in [0.2, 0.25) is 0 Å². The third-order valence-electron chi connectivity index (χ3n) is 3.25. The zero-order valence-corrected chi connectivity index (χ0v) is 11.9. The molecule has 2 rings (SSSR count). The van der Waals surface area contributed by atoms with Gasteiger partial charge in [-0.1, -0.05) is 12.1 Å². The van der Waals surface area contributed by atoms with Crippen LogP contribution in [0.5, 0.6) is 5.75 Å². The first-order chi connectivity index (χ1) is 8.97. The summed E-state index contributed by atoms with van der Waals surface area (Å²) in [7, 11) is 0. The number of phenols is 1. The van der Waals surface area contributed by atoms with Crippen LogP contribution in [0.3, 0.4) is 0 Å². The van der Waals surface area contributed by atoms with Crippen LogP contribution < -0.4 is 5.32 Å². The van der Waals surface area contributed by atoms with Crippen molar-refractivity contribution in [2.45, 2.75) is 33.7 Å². The van der Waals surface area contributed by atoms with E-state index in [1.807, 2.05) is 52.0 Å². The molecule has 0 aliphatic rings. The second kappa shape index (κ2) is 5.31. The van der Waals surface area contributed by atoms with E-state index in [1.165, 1.54) is 0 Å². The highest BCUT2D eigenvalue weighted by atomic mass is 16.3. The molecule has 0 aliphatic heterocycles. The Hall–Kier alpha value is -2.03. The second-order valence-electron chi connectivity index (χ2n) is 5.01. The zero-order valence-electron chi connectivity index (χ0n) is 11.9. The van der Waals surface area contributed by atoms with Crippen molar-refractivity contribution in [3.05, 3.63) is 52.8 Å². The molecular formula is C16H20N2O. The van der Waals surface area contributed by atoms with Gasteiger partial charge >= 0.3 is 0 Å². The molecule has 2 aromatic rings. The Morgan fingerprint density at radius 3 is 2.47 bits per heavy atom. The number of pyridine rings is 1. The SMILES string of the molecule is Cc1ccc(C(C)Nc2ccc(C)nc2C)c(O)c1. The number of aromatic nitrogens is 1. The van der Waals surface area contributed by atoms with Gasteiger partial charge in [-0.25, -0.2) is 0 Å². The molecule has 0 saturated carbocycles. The highest BCUT2D eigenvalue weighted by molar-refractivity contribution is 5.51. The van der Waals surface area contributed by atoms with Crippen molar-refractivity contribution in [2.75, 3.05) is 5.32 Å². The number of rotatable bonds is 3. The normalized spacial score (nSPS) is 12.2. The van der Waals surface area contributed by atoms with Gasteiger partial charge in [0, 0.05) is 11.3 Å². The first-order valence-corrected chi connectivity index (χ1v) is 6.47. The first-order valence-electron chi connectivity index (χ1n) is 6.47. The third-order valence-corrected chi connectivity index (χ3v) is 3.25. The largest absolute Gasteiger partial charge is 0.508 e. The van der Waals surface area contributed by atoms with E-state index < -0.39 is 0 Å². The molecule has 0 spiro atoms. The lowest BCUT2D eigenvalue weighted by Crippen LogP contribution is -2.09. The molecule has 1 heterocycles. The van der Waals surface area contributed by atoms with E-state index in [9.17, 15) is 5.11 Å². The second-order valence-corrected chi connectivity index (χ2v) is 5.01. The average molecular weight is 256 g/mol. The van der Waals surface area contributed by atoms with Crippen LogP contribution in [0.25, 0.3) is 0 Å². The molecule has 0 radical (unpaired) electrons. The highest BCUT2D eigenvalue weighted by Gasteiger charge is 2.11. The summed E-state index contributed by atoms with van der Waals surface area (Å²) in [6.07, 6.45) is 0. The van der Waals surface area contributed by atoms with Crippen LogP contribution in [-0.2, 0) is 0 Å². The van der Waals surface area contributed by atoms with Crippen LogP contribution in [0.1, 0.15) is 35.5 Å². The number of aromatic hydroxyl groups is 1. The lowest BCUT2D eigenvalue weighted by molar-refractivity contribution is 0.465. The van der Waals surface area contributed by atoms with Gasteiger partial charge in [0.25, 0.3) is 0 Å². The summed E-state index contributed by atoms with van der Waals surface area (Å²) >= 11 is 0. The number of nitrogens with zero attached hydrogens (tertiary/aromatic N) is 1. The minimum absolute atomic E-state index is 0.0313. The van der Waals surface area contributed by atoms with E-state index in [-0.39, 0.29) is 6.04 Å². The van der Waals surface area contributed by atoms with Gasteiger partial charge in [-0.3, -0.25) is 4.98 Å². The Morgan fingerprint density at radius 1 is 1.11 bits per heavy atom. The van der Waals surface area contributed by atoms with Gasteiger partial charge in [0.05, 0.1) is 17.4 Å². The lowest BCUT2D eigenvalue weighted by atomic mass is 10.0. The molecule has 100 valence electrons. The highest BCUT2D eigenvalue weighted by Crippen LogP contribution is 2.28. The fourth-order valence-electron chi connectivity index (χ4n) is 2.17. The number of hydrogen-bond acceptors (Lipinski definition) is 3. The molecule has 1 atom stereocenters. The predicted octanol–water partition coefficient (Wildman–Crippen LogP) is 3.89. The van der Waals surface area contributed by atoms with Gasteiger partial charge in [-0.2, -0.15) is 0 Å². The molecule has 19 heavy (non-hydrogen) atoms. The number of phenolic OH excluding ortho intramolecular Hbond substituents is 1. The quantitative estimate of drug-likeness (QED) is 0.875. The summed E-state index contributed by atoms with van der Waals surface area (Å²) in [5.41, 5.74) is 4.93. The molecule has 1 unspecified atom stereocenters. The standard InChI is InChI=1S/C16H20N2O/c1-10-5-7-14(16(19)9-10)12(3)18-15-8-6-11(2)17-13(15)4/h5-9,12,18-19H,1-4H3. The maximum absolute atomic E-state index is 10.00. The van der Waals surface area contributed by atoms with Crippen molar-refractivity contribution in [1.82, 2.24) is 4.98 Å². The van der Waals surface area contributed by atoms with Crippen molar-refractivity contribution in [1.29, 1.82) is 0 Å². The average Bonchev–Trinajstić information content (AvgIpc) is 2.32. The smallest absolute Gasteiger partial charge is 0.121 e. The zero-order chi connectivity index (χ0) is 14.0. The minimum atomic E-state index is 0.0313. The molecule has 3 nitrogen and oxygen atoms in total. The van der Waals surface area contributed by atoms with Crippen molar-refractivity contribution in [2.24, 2.45) is 0 Å². The maximum Gasteiger partial charge on any atom is 0.121 e. The fourth-order valence-corrected chi connectivity index (χ4v) is 2.17. The van der Waals surface area contributed by atoms with Crippen molar-refractivity contribution < 1.29 is 5.11 Å². The first kappa shape index (κ1) is 13.4.